The van der Waals surface area contributed by atoms with Crippen LogP contribution in [0.25, 0.3) is 0 Å². The van der Waals surface area contributed by atoms with E-state index in [1.165, 1.54) is 0 Å². The largest absolute Gasteiger partial charge is 0.506 e. The van der Waals surface area contributed by atoms with Crippen molar-refractivity contribution in [2.45, 2.75) is 19.9 Å². The summed E-state index contributed by atoms with van der Waals surface area (Å²) in [5.74, 6) is 1.30. The smallest absolute Gasteiger partial charge is 0.242 e. The maximum atomic E-state index is 12.3. The second kappa shape index (κ2) is 6.92. The van der Waals surface area contributed by atoms with Crippen molar-refractivity contribution in [3.63, 3.8) is 0 Å². The molecule has 128 valence electrons. The minimum absolute atomic E-state index is 0.0979. The van der Waals surface area contributed by atoms with Crippen molar-refractivity contribution in [1.82, 2.24) is 10.1 Å². The average Bonchev–Trinajstić information content (AvgIpc) is 2.99. The van der Waals surface area contributed by atoms with Crippen molar-refractivity contribution in [2.75, 3.05) is 36.4 Å². The monoisotopic (exact) mass is 330 g/mol. The van der Waals surface area contributed by atoms with E-state index in [0.717, 1.165) is 31.9 Å². The number of aryl methyl sites for hydroxylation is 1. The van der Waals surface area contributed by atoms with Gasteiger partial charge < -0.3 is 19.8 Å². The molecule has 1 aliphatic heterocycles. The van der Waals surface area contributed by atoms with Gasteiger partial charge in [0.1, 0.15) is 11.5 Å². The molecule has 2 aromatic rings. The van der Waals surface area contributed by atoms with E-state index in [2.05, 4.69) is 20.3 Å². The lowest BCUT2D eigenvalue weighted by atomic mass is 10.2. The van der Waals surface area contributed by atoms with E-state index in [-0.39, 0.29) is 17.7 Å². The van der Waals surface area contributed by atoms with Gasteiger partial charge in [0, 0.05) is 32.2 Å². The van der Waals surface area contributed by atoms with Crippen molar-refractivity contribution in [1.29, 1.82) is 0 Å². The number of nitrogens with one attached hydrogen (secondary N) is 1. The van der Waals surface area contributed by atoms with Gasteiger partial charge in [-0.25, -0.2) is 0 Å². The van der Waals surface area contributed by atoms with Crippen molar-refractivity contribution in [3.8, 4) is 5.75 Å². The molecule has 2 N–H and O–H groups in total. The number of para-hydroxylation sites is 2. The summed E-state index contributed by atoms with van der Waals surface area (Å²) in [4.78, 5) is 16.6. The summed E-state index contributed by atoms with van der Waals surface area (Å²) >= 11 is 0. The lowest BCUT2D eigenvalue weighted by Crippen LogP contribution is -2.52. The molecule has 0 saturated carbocycles. The molecule has 1 aliphatic rings. The molecular weight excluding hydrogens is 308 g/mol. The molecule has 0 aliphatic carbocycles. The second-order valence-corrected chi connectivity index (χ2v) is 6.00. The second-order valence-electron chi connectivity index (χ2n) is 6.00. The fourth-order valence-corrected chi connectivity index (χ4v) is 2.90. The van der Waals surface area contributed by atoms with Crippen LogP contribution in [-0.2, 0) is 4.79 Å². The molecule has 0 unspecified atom stereocenters. The molecule has 1 amide bonds. The Morgan fingerprint density at radius 2 is 2.00 bits per heavy atom. The lowest BCUT2D eigenvalue weighted by molar-refractivity contribution is -0.120. The number of aromatic hydroxyl groups is 1. The topological polar surface area (TPSA) is 81.8 Å². The number of rotatable bonds is 4. The number of hydrogen-bond acceptors (Lipinski definition) is 6. The van der Waals surface area contributed by atoms with Crippen LogP contribution in [0.1, 0.15) is 12.7 Å². The Morgan fingerprint density at radius 1 is 1.29 bits per heavy atom. The number of piperazine rings is 1. The number of aromatic nitrogens is 1. The van der Waals surface area contributed by atoms with Crippen LogP contribution in [0, 0.1) is 6.92 Å². The molecule has 24 heavy (non-hydrogen) atoms. The Morgan fingerprint density at radius 3 is 2.62 bits per heavy atom. The lowest BCUT2D eigenvalue weighted by Gasteiger charge is -2.38. The zero-order valence-electron chi connectivity index (χ0n) is 13.9. The molecule has 0 radical (unpaired) electrons. The molecule has 3 rings (SSSR count). The number of carbonyl (C=O) groups excluding carboxylic acids is 1. The number of nitrogens with zero attached hydrogens (tertiary/aromatic N) is 3. The highest BCUT2D eigenvalue weighted by atomic mass is 16.5. The minimum atomic E-state index is -0.256. The third-order valence-corrected chi connectivity index (χ3v) is 4.34. The minimum Gasteiger partial charge on any atom is -0.506 e. The summed E-state index contributed by atoms with van der Waals surface area (Å²) in [6.07, 6.45) is 0. The number of benzene rings is 1. The van der Waals surface area contributed by atoms with Crippen LogP contribution in [-0.4, -0.2) is 53.3 Å². The number of hydrogen-bond donors (Lipinski definition) is 2. The molecule has 1 aromatic carbocycles. The highest BCUT2D eigenvalue weighted by molar-refractivity contribution is 5.93. The zero-order chi connectivity index (χ0) is 17.1. The molecule has 7 nitrogen and oxygen atoms in total. The number of carbonyl (C=O) groups is 1. The third-order valence-electron chi connectivity index (χ3n) is 4.34. The van der Waals surface area contributed by atoms with Crippen LogP contribution in [0.5, 0.6) is 5.75 Å². The van der Waals surface area contributed by atoms with E-state index < -0.39 is 0 Å². The number of anilines is 2. The molecular formula is C17H22N4O3. The first-order valence-electron chi connectivity index (χ1n) is 8.06. The van der Waals surface area contributed by atoms with E-state index >= 15 is 0 Å². The first-order chi connectivity index (χ1) is 11.5. The summed E-state index contributed by atoms with van der Waals surface area (Å²) in [6.45, 7) is 6.69. The van der Waals surface area contributed by atoms with E-state index in [4.69, 9.17) is 4.52 Å². The molecule has 1 aromatic heterocycles. The fourth-order valence-electron chi connectivity index (χ4n) is 2.90. The normalized spacial score (nSPS) is 16.8. The maximum absolute atomic E-state index is 12.3. The van der Waals surface area contributed by atoms with E-state index in [0.29, 0.717) is 11.6 Å². The van der Waals surface area contributed by atoms with Gasteiger partial charge in [0.05, 0.1) is 11.7 Å². The summed E-state index contributed by atoms with van der Waals surface area (Å²) in [6, 6.07) is 8.77. The highest BCUT2D eigenvalue weighted by Gasteiger charge is 2.26. The Labute approximate surface area is 140 Å². The van der Waals surface area contributed by atoms with E-state index in [1.807, 2.05) is 25.1 Å². The van der Waals surface area contributed by atoms with Crippen molar-refractivity contribution < 1.29 is 14.4 Å². The Bertz CT molecular complexity index is 707. The van der Waals surface area contributed by atoms with Gasteiger partial charge in [-0.1, -0.05) is 17.3 Å². The molecule has 7 heteroatoms. The molecule has 1 saturated heterocycles. The highest BCUT2D eigenvalue weighted by Crippen LogP contribution is 2.27. The number of amides is 1. The van der Waals surface area contributed by atoms with Crippen LogP contribution in [0.3, 0.4) is 0 Å². The molecule has 0 bridgehead atoms. The van der Waals surface area contributed by atoms with Crippen molar-refractivity contribution in [2.24, 2.45) is 0 Å². The average molecular weight is 330 g/mol. The van der Waals surface area contributed by atoms with Gasteiger partial charge in [-0.05, 0) is 26.0 Å². The zero-order valence-corrected chi connectivity index (χ0v) is 13.9. The molecule has 2 heterocycles. The molecule has 1 atom stereocenters. The Balaban J connectivity index is 1.56. The Hall–Kier alpha value is -2.54. The van der Waals surface area contributed by atoms with Crippen LogP contribution in [0.15, 0.2) is 34.9 Å². The van der Waals surface area contributed by atoms with Crippen molar-refractivity contribution >= 4 is 17.4 Å². The maximum Gasteiger partial charge on any atom is 0.242 e. The van der Waals surface area contributed by atoms with Gasteiger partial charge in [0.25, 0.3) is 0 Å². The first kappa shape index (κ1) is 16.3. The predicted molar refractivity (Wildman–Crippen MR) is 91.2 cm³/mol. The predicted octanol–water partition coefficient (Wildman–Crippen LogP) is 1.84. The van der Waals surface area contributed by atoms with Gasteiger partial charge >= 0.3 is 0 Å². The van der Waals surface area contributed by atoms with Gasteiger partial charge in [0.15, 0.2) is 5.82 Å². The summed E-state index contributed by atoms with van der Waals surface area (Å²) < 4.78 is 4.96. The van der Waals surface area contributed by atoms with Gasteiger partial charge in [-0.3, -0.25) is 9.69 Å². The van der Waals surface area contributed by atoms with E-state index in [9.17, 15) is 9.90 Å². The summed E-state index contributed by atoms with van der Waals surface area (Å²) in [5, 5.41) is 16.5. The summed E-state index contributed by atoms with van der Waals surface area (Å²) in [7, 11) is 0. The SMILES string of the molecule is Cc1cc(NC(=O)[C@H](C)N2CCN(c3ccccc3O)CC2)no1. The van der Waals surface area contributed by atoms with E-state index in [1.54, 1.807) is 19.1 Å². The summed E-state index contributed by atoms with van der Waals surface area (Å²) in [5.41, 5.74) is 0.840. The van der Waals surface area contributed by atoms with Crippen LogP contribution < -0.4 is 10.2 Å². The quantitative estimate of drug-likeness (QED) is 0.890. The molecule has 1 fully saturated rings. The van der Waals surface area contributed by atoms with Crippen molar-refractivity contribution in [3.05, 3.63) is 36.1 Å². The van der Waals surface area contributed by atoms with Crippen LogP contribution >= 0.6 is 0 Å². The standard InChI is InChI=1S/C17H22N4O3/c1-12-11-16(19-24-12)18-17(23)13(2)20-7-9-21(10-8-20)14-5-3-4-6-15(14)22/h3-6,11,13,22H,7-10H2,1-2H3,(H,18,19,23)/t13-/m0/s1. The third kappa shape index (κ3) is 3.51. The first-order valence-corrected chi connectivity index (χ1v) is 8.06. The van der Waals surface area contributed by atoms with Gasteiger partial charge in [-0.15, -0.1) is 0 Å². The van der Waals surface area contributed by atoms with Gasteiger partial charge in [0.2, 0.25) is 5.91 Å². The number of phenolic OH excluding ortho intramolecular Hbond substituents is 1. The van der Waals surface area contributed by atoms with Crippen LogP contribution in [0.2, 0.25) is 0 Å². The number of phenols is 1. The van der Waals surface area contributed by atoms with Gasteiger partial charge in [-0.2, -0.15) is 0 Å². The van der Waals surface area contributed by atoms with Crippen LogP contribution in [0.4, 0.5) is 11.5 Å². The molecule has 0 spiro atoms. The Kier molecular flexibility index (Phi) is 4.71. The fraction of sp³-hybridized carbons (Fsp3) is 0.412.